The molecule has 0 radical (unpaired) electrons. The molecule has 0 aliphatic heterocycles. The van der Waals surface area contributed by atoms with E-state index in [1.165, 1.54) is 0 Å². The second-order valence-electron chi connectivity index (χ2n) is 3.00. The molecule has 6 heteroatoms. The monoisotopic (exact) mass is 204 g/mol. The van der Waals surface area contributed by atoms with Gasteiger partial charge in [0.15, 0.2) is 0 Å². The van der Waals surface area contributed by atoms with Gasteiger partial charge in [-0.3, -0.25) is 4.79 Å². The summed E-state index contributed by atoms with van der Waals surface area (Å²) in [5.74, 6) is -1.20. The van der Waals surface area contributed by atoms with E-state index in [-0.39, 0.29) is 82.9 Å². The standard InChI is InChI=1S/C6H9BF3O.K/c8-7(9,10)5-1-3-6(11)4-2-5;/h5H,1-4H2;/q-1;+1. The summed E-state index contributed by atoms with van der Waals surface area (Å²) < 4.78 is 36.1. The summed E-state index contributed by atoms with van der Waals surface area (Å²) in [5, 5.41) is 0. The molecule has 64 valence electrons. The molecular weight excluding hydrogens is 195 g/mol. The zero-order valence-corrected chi connectivity index (χ0v) is 10.1. The Hall–Kier alpha value is 1.16. The summed E-state index contributed by atoms with van der Waals surface area (Å²) in [5.41, 5.74) is 0. The first-order valence-corrected chi connectivity index (χ1v) is 3.72. The number of carbonyl (C=O) groups is 1. The summed E-state index contributed by atoms with van der Waals surface area (Å²) >= 11 is 0. The summed E-state index contributed by atoms with van der Waals surface area (Å²) in [6.45, 7) is -4.70. The third-order valence-corrected chi connectivity index (χ3v) is 2.12. The van der Waals surface area contributed by atoms with Crippen molar-refractivity contribution in [1.82, 2.24) is 0 Å². The number of ketones is 1. The molecule has 0 heterocycles. The van der Waals surface area contributed by atoms with Crippen LogP contribution in [0.1, 0.15) is 25.7 Å². The quantitative estimate of drug-likeness (QED) is 0.519. The van der Waals surface area contributed by atoms with Crippen LogP contribution in [0.15, 0.2) is 0 Å². The molecule has 1 aliphatic carbocycles. The van der Waals surface area contributed by atoms with Crippen LogP contribution in [0.4, 0.5) is 12.9 Å². The zero-order valence-electron chi connectivity index (χ0n) is 7.03. The predicted molar refractivity (Wildman–Crippen MR) is 36.3 cm³/mol. The summed E-state index contributed by atoms with van der Waals surface area (Å²) in [4.78, 5) is 10.6. The van der Waals surface area contributed by atoms with Crippen molar-refractivity contribution in [3.63, 3.8) is 0 Å². The molecule has 0 bridgehead atoms. The van der Waals surface area contributed by atoms with E-state index in [4.69, 9.17) is 0 Å². The summed E-state index contributed by atoms with van der Waals surface area (Å²) in [6, 6.07) is 0. The van der Waals surface area contributed by atoms with Gasteiger partial charge >= 0.3 is 58.4 Å². The van der Waals surface area contributed by atoms with Gasteiger partial charge in [0, 0.05) is 12.8 Å². The van der Waals surface area contributed by atoms with Gasteiger partial charge in [0.05, 0.1) is 0 Å². The molecule has 0 spiro atoms. The molecule has 1 nitrogen and oxygen atoms in total. The fourth-order valence-corrected chi connectivity index (χ4v) is 1.34. The summed E-state index contributed by atoms with van der Waals surface area (Å²) in [7, 11) is 0. The van der Waals surface area contributed by atoms with Crippen LogP contribution < -0.4 is 51.4 Å². The Morgan fingerprint density at radius 2 is 1.58 bits per heavy atom. The largest absolute Gasteiger partial charge is 1.00 e. The molecule has 0 amide bonds. The van der Waals surface area contributed by atoms with Crippen molar-refractivity contribution in [3.8, 4) is 0 Å². The van der Waals surface area contributed by atoms with E-state index < -0.39 is 12.8 Å². The Kier molecular flexibility index (Phi) is 5.64. The molecule has 0 aromatic heterocycles. The summed E-state index contributed by atoms with van der Waals surface area (Å²) in [6.07, 6.45) is 0.266. The number of carbonyl (C=O) groups excluding carboxylic acids is 1. The van der Waals surface area contributed by atoms with Crippen LogP contribution in [-0.2, 0) is 4.79 Å². The third kappa shape index (κ3) is 3.91. The van der Waals surface area contributed by atoms with E-state index in [0.29, 0.717) is 0 Å². The van der Waals surface area contributed by atoms with Crippen LogP contribution >= 0.6 is 0 Å². The minimum Gasteiger partial charge on any atom is -0.449 e. The number of Topliss-reactive ketones (excluding diaryl/α,β-unsaturated/α-hetero) is 1. The van der Waals surface area contributed by atoms with Crippen molar-refractivity contribution in [1.29, 1.82) is 0 Å². The topological polar surface area (TPSA) is 17.1 Å². The molecule has 0 N–H and O–H groups in total. The zero-order chi connectivity index (χ0) is 8.48. The van der Waals surface area contributed by atoms with Gasteiger partial charge in [-0.15, -0.1) is 0 Å². The van der Waals surface area contributed by atoms with E-state index in [9.17, 15) is 17.7 Å². The third-order valence-electron chi connectivity index (χ3n) is 2.12. The average molecular weight is 204 g/mol. The second-order valence-corrected chi connectivity index (χ2v) is 3.00. The molecule has 12 heavy (non-hydrogen) atoms. The van der Waals surface area contributed by atoms with Crippen molar-refractivity contribution in [2.75, 3.05) is 0 Å². The van der Waals surface area contributed by atoms with Crippen molar-refractivity contribution >= 4 is 12.8 Å². The first kappa shape index (κ1) is 13.2. The van der Waals surface area contributed by atoms with Crippen molar-refractivity contribution in [2.45, 2.75) is 31.5 Å². The van der Waals surface area contributed by atoms with Gasteiger partial charge in [0.25, 0.3) is 0 Å². The number of rotatable bonds is 1. The Bertz CT molecular complexity index is 161. The Morgan fingerprint density at radius 1 is 1.17 bits per heavy atom. The number of hydrogen-bond donors (Lipinski definition) is 0. The van der Waals surface area contributed by atoms with Gasteiger partial charge in [-0.2, -0.15) is 0 Å². The smallest absolute Gasteiger partial charge is 0.449 e. The van der Waals surface area contributed by atoms with Gasteiger partial charge in [-0.25, -0.2) is 0 Å². The van der Waals surface area contributed by atoms with E-state index in [2.05, 4.69) is 0 Å². The first-order valence-electron chi connectivity index (χ1n) is 3.72. The van der Waals surface area contributed by atoms with Crippen LogP contribution in [0.2, 0.25) is 5.82 Å². The maximum Gasteiger partial charge on any atom is 1.00 e. The van der Waals surface area contributed by atoms with E-state index in [1.807, 2.05) is 0 Å². The normalized spacial score (nSPS) is 20.4. The van der Waals surface area contributed by atoms with Gasteiger partial charge in [-0.1, -0.05) is 18.7 Å². The minimum atomic E-state index is -4.70. The molecule has 1 rings (SSSR count). The Labute approximate surface area is 112 Å². The molecule has 0 aromatic rings. The maximum absolute atomic E-state index is 12.0. The van der Waals surface area contributed by atoms with Gasteiger partial charge in [0.1, 0.15) is 5.78 Å². The molecule has 0 saturated heterocycles. The van der Waals surface area contributed by atoms with Crippen molar-refractivity contribution < 1.29 is 69.1 Å². The molecule has 0 aromatic carbocycles. The van der Waals surface area contributed by atoms with Crippen LogP contribution in [0.25, 0.3) is 0 Å². The van der Waals surface area contributed by atoms with Crippen LogP contribution in [-0.4, -0.2) is 12.8 Å². The number of halogens is 3. The molecular formula is C6H9BF3KO. The first-order chi connectivity index (χ1) is 5.00. The van der Waals surface area contributed by atoms with E-state index in [1.54, 1.807) is 0 Å². The molecule has 1 fully saturated rings. The van der Waals surface area contributed by atoms with Crippen molar-refractivity contribution in [2.24, 2.45) is 0 Å². The van der Waals surface area contributed by atoms with Gasteiger partial charge < -0.3 is 12.9 Å². The molecule has 0 atom stereocenters. The fraction of sp³-hybridized carbons (Fsp3) is 0.833. The molecule has 1 aliphatic rings. The minimum absolute atomic E-state index is 0. The van der Waals surface area contributed by atoms with Gasteiger partial charge in [-0.05, 0) is 0 Å². The van der Waals surface area contributed by atoms with Crippen LogP contribution in [0, 0.1) is 0 Å². The van der Waals surface area contributed by atoms with E-state index >= 15 is 0 Å². The maximum atomic E-state index is 12.0. The Balaban J connectivity index is 0.00000121. The van der Waals surface area contributed by atoms with Crippen LogP contribution in [0.5, 0.6) is 0 Å². The number of hydrogen-bond acceptors (Lipinski definition) is 1. The van der Waals surface area contributed by atoms with E-state index in [0.717, 1.165) is 0 Å². The second kappa shape index (κ2) is 5.14. The Morgan fingerprint density at radius 3 is 1.92 bits per heavy atom. The predicted octanol–water partition coefficient (Wildman–Crippen LogP) is -0.649. The SMILES string of the molecule is O=C1CCC([B-](F)(F)F)CC1.[K+]. The fourth-order valence-electron chi connectivity index (χ4n) is 1.34. The average Bonchev–Trinajstić information content (AvgIpc) is 1.86. The van der Waals surface area contributed by atoms with Gasteiger partial charge in [0.2, 0.25) is 0 Å². The van der Waals surface area contributed by atoms with Crippen LogP contribution in [0.3, 0.4) is 0 Å². The molecule has 1 saturated carbocycles. The van der Waals surface area contributed by atoms with Crippen molar-refractivity contribution in [3.05, 3.63) is 0 Å². The molecule has 0 unspecified atom stereocenters.